The SMILES string of the molecule is C=COc1ccc(C(=O)/C(=N/OS(C)(=O)=O)c2ccccc2)c2ccccc12. The number of ether oxygens (including phenoxy) is 1. The van der Waals surface area contributed by atoms with Crippen molar-refractivity contribution >= 4 is 32.4 Å². The molecular weight excluding hydrogens is 378 g/mol. The molecule has 28 heavy (non-hydrogen) atoms. The van der Waals surface area contributed by atoms with Crippen LogP contribution in [0.2, 0.25) is 0 Å². The Kier molecular flexibility index (Phi) is 5.56. The second kappa shape index (κ2) is 8.06. The maximum atomic E-state index is 13.3. The third-order valence-electron chi connectivity index (χ3n) is 3.87. The number of carbonyl (C=O) groups is 1. The molecule has 0 aliphatic carbocycles. The topological polar surface area (TPSA) is 82.0 Å². The van der Waals surface area contributed by atoms with Gasteiger partial charge >= 0.3 is 10.1 Å². The van der Waals surface area contributed by atoms with E-state index in [-0.39, 0.29) is 5.71 Å². The summed E-state index contributed by atoms with van der Waals surface area (Å²) in [5, 5.41) is 4.99. The van der Waals surface area contributed by atoms with Crippen LogP contribution in [-0.2, 0) is 14.4 Å². The minimum absolute atomic E-state index is 0.117. The van der Waals surface area contributed by atoms with Crippen LogP contribution in [0.15, 0.2) is 84.7 Å². The van der Waals surface area contributed by atoms with Crippen LogP contribution in [0.25, 0.3) is 10.8 Å². The number of benzene rings is 3. The number of Topliss-reactive ketones (excluding diaryl/α,β-unsaturated/α-hetero) is 1. The number of carbonyl (C=O) groups excluding carboxylic acids is 1. The van der Waals surface area contributed by atoms with Crippen molar-refractivity contribution < 1.29 is 22.2 Å². The number of hydrogen-bond donors (Lipinski definition) is 0. The summed E-state index contributed by atoms with van der Waals surface area (Å²) < 4.78 is 32.8. The van der Waals surface area contributed by atoms with Gasteiger partial charge in [0.2, 0.25) is 5.78 Å². The molecule has 0 heterocycles. The largest absolute Gasteiger partial charge is 0.465 e. The molecule has 3 aromatic rings. The molecule has 0 aliphatic heterocycles. The van der Waals surface area contributed by atoms with Crippen molar-refractivity contribution in [3.8, 4) is 5.75 Å². The van der Waals surface area contributed by atoms with E-state index in [4.69, 9.17) is 4.74 Å². The Morgan fingerprint density at radius 1 is 0.964 bits per heavy atom. The van der Waals surface area contributed by atoms with E-state index in [1.807, 2.05) is 12.1 Å². The lowest BCUT2D eigenvalue weighted by Gasteiger charge is -2.11. The minimum Gasteiger partial charge on any atom is -0.465 e. The standard InChI is InChI=1S/C21H17NO5S/c1-3-26-19-14-13-18(16-11-7-8-12-17(16)19)21(23)20(22-27-28(2,24)25)15-9-5-4-6-10-15/h3-14H,1H2,2H3/b22-20+. The molecule has 0 aliphatic rings. The molecule has 0 N–H and O–H groups in total. The Labute approximate surface area is 162 Å². The number of oxime groups is 1. The van der Waals surface area contributed by atoms with Gasteiger partial charge < -0.3 is 4.74 Å². The van der Waals surface area contributed by atoms with Crippen LogP contribution in [0.3, 0.4) is 0 Å². The molecule has 142 valence electrons. The third-order valence-corrected chi connectivity index (χ3v) is 4.21. The second-order valence-electron chi connectivity index (χ2n) is 5.86. The van der Waals surface area contributed by atoms with Crippen LogP contribution < -0.4 is 4.74 Å². The smallest absolute Gasteiger partial charge is 0.325 e. The summed E-state index contributed by atoms with van der Waals surface area (Å²) in [6, 6.07) is 19.0. The van der Waals surface area contributed by atoms with Gasteiger partial charge in [-0.1, -0.05) is 66.3 Å². The quantitative estimate of drug-likeness (QED) is 0.262. The van der Waals surface area contributed by atoms with Gasteiger partial charge in [-0.25, -0.2) is 0 Å². The van der Waals surface area contributed by atoms with Crippen molar-refractivity contribution in [2.75, 3.05) is 6.26 Å². The van der Waals surface area contributed by atoms with Crippen molar-refractivity contribution in [2.24, 2.45) is 5.16 Å². The second-order valence-corrected chi connectivity index (χ2v) is 7.41. The first kappa shape index (κ1) is 19.3. The summed E-state index contributed by atoms with van der Waals surface area (Å²) in [5.41, 5.74) is 0.659. The van der Waals surface area contributed by atoms with Crippen molar-refractivity contribution in [1.29, 1.82) is 0 Å². The zero-order chi connectivity index (χ0) is 20.1. The summed E-state index contributed by atoms with van der Waals surface area (Å²) in [6.07, 6.45) is 2.17. The Morgan fingerprint density at radius 2 is 1.61 bits per heavy atom. The molecule has 6 nitrogen and oxygen atoms in total. The normalized spacial score (nSPS) is 11.8. The van der Waals surface area contributed by atoms with E-state index in [0.717, 1.165) is 6.26 Å². The fraction of sp³-hybridized carbons (Fsp3) is 0.0476. The molecule has 0 aromatic heterocycles. The minimum atomic E-state index is -3.87. The lowest BCUT2D eigenvalue weighted by molar-refractivity contribution is 0.106. The summed E-state index contributed by atoms with van der Waals surface area (Å²) in [5.74, 6) is 0.0731. The predicted molar refractivity (Wildman–Crippen MR) is 108 cm³/mol. The van der Waals surface area contributed by atoms with Crippen LogP contribution in [0.1, 0.15) is 15.9 Å². The van der Waals surface area contributed by atoms with E-state index < -0.39 is 15.9 Å². The maximum Gasteiger partial charge on any atom is 0.325 e. The lowest BCUT2D eigenvalue weighted by atomic mass is 9.95. The molecular formula is C21H17NO5S. The first-order chi connectivity index (χ1) is 13.4. The van der Waals surface area contributed by atoms with Crippen LogP contribution in [0.5, 0.6) is 5.75 Å². The number of nitrogens with zero attached hydrogens (tertiary/aromatic N) is 1. The lowest BCUT2D eigenvalue weighted by Crippen LogP contribution is -2.18. The van der Waals surface area contributed by atoms with Crippen LogP contribution in [-0.4, -0.2) is 26.2 Å². The number of ketones is 1. The molecule has 7 heteroatoms. The number of hydrogen-bond acceptors (Lipinski definition) is 6. The molecule has 0 amide bonds. The highest BCUT2D eigenvalue weighted by Crippen LogP contribution is 2.29. The monoisotopic (exact) mass is 395 g/mol. The van der Waals surface area contributed by atoms with Crippen molar-refractivity contribution in [3.05, 3.63) is 90.7 Å². The molecule has 0 atom stereocenters. The summed E-state index contributed by atoms with van der Waals surface area (Å²) in [7, 11) is -3.87. The van der Waals surface area contributed by atoms with Crippen molar-refractivity contribution in [2.45, 2.75) is 0 Å². The van der Waals surface area contributed by atoms with Gasteiger partial charge in [0.1, 0.15) is 5.75 Å². The maximum absolute atomic E-state index is 13.3. The molecule has 0 unspecified atom stereocenters. The van der Waals surface area contributed by atoms with Gasteiger partial charge in [-0.2, -0.15) is 8.42 Å². The molecule has 0 radical (unpaired) electrons. The molecule has 0 fully saturated rings. The fourth-order valence-electron chi connectivity index (χ4n) is 2.72. The third kappa shape index (κ3) is 4.27. The van der Waals surface area contributed by atoms with E-state index in [1.54, 1.807) is 54.6 Å². The zero-order valence-corrected chi connectivity index (χ0v) is 15.8. The predicted octanol–water partition coefficient (Wildman–Crippen LogP) is 3.93. The molecule has 0 saturated carbocycles. The van der Waals surface area contributed by atoms with Gasteiger partial charge in [-0.15, -0.1) is 0 Å². The molecule has 3 aromatic carbocycles. The highest BCUT2D eigenvalue weighted by atomic mass is 32.2. The van der Waals surface area contributed by atoms with Gasteiger partial charge in [-0.05, 0) is 17.5 Å². The van der Waals surface area contributed by atoms with Crippen LogP contribution in [0, 0.1) is 0 Å². The first-order valence-electron chi connectivity index (χ1n) is 8.27. The average molecular weight is 395 g/mol. The van der Waals surface area contributed by atoms with Crippen LogP contribution in [0.4, 0.5) is 0 Å². The van der Waals surface area contributed by atoms with E-state index in [9.17, 15) is 13.2 Å². The number of fused-ring (bicyclic) bond motifs is 1. The summed E-state index contributed by atoms with van der Waals surface area (Å²) >= 11 is 0. The van der Waals surface area contributed by atoms with E-state index >= 15 is 0 Å². The molecule has 0 bridgehead atoms. The highest BCUT2D eigenvalue weighted by molar-refractivity contribution is 7.85. The fourth-order valence-corrected chi connectivity index (χ4v) is 2.93. The average Bonchev–Trinajstić information content (AvgIpc) is 2.68. The molecule has 0 saturated heterocycles. The van der Waals surface area contributed by atoms with Gasteiger partial charge in [-0.3, -0.25) is 9.08 Å². The van der Waals surface area contributed by atoms with Crippen molar-refractivity contribution in [1.82, 2.24) is 0 Å². The zero-order valence-electron chi connectivity index (χ0n) is 15.0. The highest BCUT2D eigenvalue weighted by Gasteiger charge is 2.21. The Morgan fingerprint density at radius 3 is 2.25 bits per heavy atom. The van der Waals surface area contributed by atoms with E-state index in [1.165, 1.54) is 6.26 Å². The number of rotatable bonds is 7. The van der Waals surface area contributed by atoms with Gasteiger partial charge in [0.15, 0.2) is 5.71 Å². The summed E-state index contributed by atoms with van der Waals surface area (Å²) in [6.45, 7) is 3.55. The summed E-state index contributed by atoms with van der Waals surface area (Å²) in [4.78, 5) is 13.3. The van der Waals surface area contributed by atoms with Gasteiger partial charge in [0.25, 0.3) is 0 Å². The molecule has 0 spiro atoms. The Balaban J connectivity index is 2.16. The molecule has 3 rings (SSSR count). The van der Waals surface area contributed by atoms with E-state index in [0.29, 0.717) is 27.6 Å². The van der Waals surface area contributed by atoms with Gasteiger partial charge in [0.05, 0.1) is 12.5 Å². The van der Waals surface area contributed by atoms with Crippen LogP contribution >= 0.6 is 0 Å². The van der Waals surface area contributed by atoms with Gasteiger partial charge in [0, 0.05) is 16.5 Å². The Bertz CT molecular complexity index is 1170. The van der Waals surface area contributed by atoms with E-state index in [2.05, 4.69) is 16.0 Å². The van der Waals surface area contributed by atoms with Crippen molar-refractivity contribution in [3.63, 3.8) is 0 Å². The Hall–Kier alpha value is -3.45. The first-order valence-corrected chi connectivity index (χ1v) is 10.1.